The maximum atomic E-state index is 12.4. The van der Waals surface area contributed by atoms with Crippen LogP contribution in [0.25, 0.3) is 0 Å². The number of carboxylic acid groups (broad SMARTS) is 1. The van der Waals surface area contributed by atoms with Crippen molar-refractivity contribution in [1.82, 2.24) is 10.2 Å². The number of carboxylic acids is 1. The SMILES string of the molecule is COc1cccc2c1CC1CNCCN1C2=O.O=C(O)C(F)(F)F. The number of hydrogen-bond acceptors (Lipinski definition) is 4. The Labute approximate surface area is 136 Å². The van der Waals surface area contributed by atoms with Crippen LogP contribution in [0.1, 0.15) is 15.9 Å². The third-order valence-corrected chi connectivity index (χ3v) is 3.88. The van der Waals surface area contributed by atoms with Gasteiger partial charge in [-0.05, 0) is 18.6 Å². The van der Waals surface area contributed by atoms with Crippen molar-refractivity contribution in [2.75, 3.05) is 26.7 Å². The Bertz CT molecular complexity index is 634. The van der Waals surface area contributed by atoms with Gasteiger partial charge in [0.2, 0.25) is 0 Å². The number of rotatable bonds is 1. The van der Waals surface area contributed by atoms with Gasteiger partial charge in [0.05, 0.1) is 7.11 Å². The minimum atomic E-state index is -5.08. The number of alkyl halides is 3. The summed E-state index contributed by atoms with van der Waals surface area (Å²) in [6, 6.07) is 5.99. The Balaban J connectivity index is 0.000000256. The standard InChI is InChI=1S/C13H16N2O2.C2HF3O2/c1-17-12-4-2-3-10-11(12)7-9-8-14-5-6-15(9)13(10)16;3-2(4,5)1(6)7/h2-4,9,14H,5-8H2,1H3;(H,6,7). The number of hydrogen-bond donors (Lipinski definition) is 2. The highest BCUT2D eigenvalue weighted by atomic mass is 19.4. The molecule has 0 radical (unpaired) electrons. The summed E-state index contributed by atoms with van der Waals surface area (Å²) in [5.41, 5.74) is 1.87. The highest BCUT2D eigenvalue weighted by Crippen LogP contribution is 2.30. The maximum absolute atomic E-state index is 12.4. The Hall–Kier alpha value is -2.29. The molecular weight excluding hydrogens is 329 g/mol. The molecule has 0 spiro atoms. The van der Waals surface area contributed by atoms with Gasteiger partial charge in [-0.1, -0.05) is 6.07 Å². The van der Waals surface area contributed by atoms with Crippen LogP contribution in [-0.4, -0.2) is 60.8 Å². The second-order valence-electron chi connectivity index (χ2n) is 5.35. The molecule has 2 aliphatic heterocycles. The minimum absolute atomic E-state index is 0.150. The van der Waals surface area contributed by atoms with E-state index in [2.05, 4.69) is 5.32 Å². The lowest BCUT2D eigenvalue weighted by atomic mass is 9.91. The van der Waals surface area contributed by atoms with Gasteiger partial charge in [-0.25, -0.2) is 4.79 Å². The summed E-state index contributed by atoms with van der Waals surface area (Å²) in [4.78, 5) is 23.2. The summed E-state index contributed by atoms with van der Waals surface area (Å²) in [5.74, 6) is -1.77. The van der Waals surface area contributed by atoms with E-state index in [4.69, 9.17) is 14.6 Å². The van der Waals surface area contributed by atoms with Crippen LogP contribution in [-0.2, 0) is 11.2 Å². The second-order valence-corrected chi connectivity index (χ2v) is 5.35. The summed E-state index contributed by atoms with van der Waals surface area (Å²) in [5, 5.41) is 10.5. The van der Waals surface area contributed by atoms with Gasteiger partial charge in [0.25, 0.3) is 5.91 Å². The van der Waals surface area contributed by atoms with Crippen molar-refractivity contribution in [2.24, 2.45) is 0 Å². The van der Waals surface area contributed by atoms with Gasteiger partial charge in [0.15, 0.2) is 0 Å². The summed E-state index contributed by atoms with van der Waals surface area (Å²) < 4.78 is 37.1. The number of methoxy groups -OCH3 is 1. The van der Waals surface area contributed by atoms with E-state index >= 15 is 0 Å². The second kappa shape index (κ2) is 7.08. The van der Waals surface area contributed by atoms with Gasteiger partial charge >= 0.3 is 12.1 Å². The number of halogens is 3. The molecule has 1 aromatic rings. The van der Waals surface area contributed by atoms with Crippen molar-refractivity contribution < 1.29 is 32.6 Å². The van der Waals surface area contributed by atoms with E-state index in [1.165, 1.54) is 0 Å². The van der Waals surface area contributed by atoms with Crippen molar-refractivity contribution in [1.29, 1.82) is 0 Å². The fourth-order valence-electron chi connectivity index (χ4n) is 2.77. The summed E-state index contributed by atoms with van der Waals surface area (Å²) in [7, 11) is 1.66. The van der Waals surface area contributed by atoms with Gasteiger partial charge < -0.3 is 20.1 Å². The topological polar surface area (TPSA) is 78.9 Å². The predicted molar refractivity (Wildman–Crippen MR) is 78.1 cm³/mol. The van der Waals surface area contributed by atoms with Gasteiger partial charge in [-0.3, -0.25) is 4.79 Å². The van der Waals surface area contributed by atoms with Gasteiger partial charge in [-0.2, -0.15) is 13.2 Å². The molecule has 132 valence electrons. The molecule has 0 saturated carbocycles. The maximum Gasteiger partial charge on any atom is 0.490 e. The molecule has 0 aliphatic carbocycles. The number of carbonyl (C=O) groups excluding carboxylic acids is 1. The summed E-state index contributed by atoms with van der Waals surface area (Å²) in [6.45, 7) is 2.57. The van der Waals surface area contributed by atoms with Gasteiger partial charge in [-0.15, -0.1) is 0 Å². The number of ether oxygens (including phenoxy) is 1. The number of piperazine rings is 1. The number of carbonyl (C=O) groups is 2. The quantitative estimate of drug-likeness (QED) is 0.801. The van der Waals surface area contributed by atoms with Crippen LogP contribution in [0.5, 0.6) is 5.75 Å². The number of benzene rings is 1. The largest absolute Gasteiger partial charge is 0.496 e. The average Bonchev–Trinajstić information content (AvgIpc) is 2.54. The molecular formula is C15H17F3N2O4. The lowest BCUT2D eigenvalue weighted by Gasteiger charge is -2.40. The Morgan fingerprint density at radius 3 is 2.67 bits per heavy atom. The smallest absolute Gasteiger partial charge is 0.490 e. The molecule has 6 nitrogen and oxygen atoms in total. The van der Waals surface area contributed by atoms with Crippen molar-refractivity contribution in [3.8, 4) is 5.75 Å². The third kappa shape index (κ3) is 3.78. The Kier molecular flexibility index (Phi) is 5.33. The lowest BCUT2D eigenvalue weighted by molar-refractivity contribution is -0.192. The molecule has 2 heterocycles. The fraction of sp³-hybridized carbons (Fsp3) is 0.467. The molecule has 0 bridgehead atoms. The highest BCUT2D eigenvalue weighted by molar-refractivity contribution is 5.97. The van der Waals surface area contributed by atoms with E-state index in [0.29, 0.717) is 0 Å². The molecule has 3 rings (SSSR count). The number of amides is 1. The average molecular weight is 346 g/mol. The van der Waals surface area contributed by atoms with Gasteiger partial charge in [0.1, 0.15) is 5.75 Å². The van der Waals surface area contributed by atoms with Crippen LogP contribution >= 0.6 is 0 Å². The monoisotopic (exact) mass is 346 g/mol. The van der Waals surface area contributed by atoms with Crippen molar-refractivity contribution in [3.05, 3.63) is 29.3 Å². The van der Waals surface area contributed by atoms with E-state index in [1.807, 2.05) is 23.1 Å². The zero-order valence-corrected chi connectivity index (χ0v) is 12.9. The van der Waals surface area contributed by atoms with Crippen LogP contribution < -0.4 is 10.1 Å². The van der Waals surface area contributed by atoms with Crippen LogP contribution in [0.2, 0.25) is 0 Å². The van der Waals surface area contributed by atoms with Gasteiger partial charge in [0, 0.05) is 36.8 Å². The fourth-order valence-corrected chi connectivity index (χ4v) is 2.77. The Morgan fingerprint density at radius 1 is 1.42 bits per heavy atom. The minimum Gasteiger partial charge on any atom is -0.496 e. The molecule has 1 aromatic carbocycles. The molecule has 1 amide bonds. The van der Waals surface area contributed by atoms with E-state index < -0.39 is 12.1 Å². The number of nitrogens with zero attached hydrogens (tertiary/aromatic N) is 1. The van der Waals surface area contributed by atoms with Crippen LogP contribution in [0.4, 0.5) is 13.2 Å². The number of nitrogens with one attached hydrogen (secondary N) is 1. The molecule has 1 saturated heterocycles. The van der Waals surface area contributed by atoms with Crippen LogP contribution in [0, 0.1) is 0 Å². The predicted octanol–water partition coefficient (Wildman–Crippen LogP) is 1.30. The molecule has 2 N–H and O–H groups in total. The van der Waals surface area contributed by atoms with E-state index in [0.717, 1.165) is 42.9 Å². The molecule has 1 unspecified atom stereocenters. The Morgan fingerprint density at radius 2 is 2.08 bits per heavy atom. The van der Waals surface area contributed by atoms with Crippen molar-refractivity contribution >= 4 is 11.9 Å². The summed E-state index contributed by atoms with van der Waals surface area (Å²) in [6.07, 6.45) is -4.20. The number of aliphatic carboxylic acids is 1. The zero-order valence-electron chi connectivity index (χ0n) is 12.9. The highest BCUT2D eigenvalue weighted by Gasteiger charge is 2.38. The first-order valence-electron chi connectivity index (χ1n) is 7.23. The first-order chi connectivity index (χ1) is 11.3. The molecule has 9 heteroatoms. The molecule has 1 atom stereocenters. The van der Waals surface area contributed by atoms with E-state index in [1.54, 1.807) is 7.11 Å². The molecule has 0 aromatic heterocycles. The third-order valence-electron chi connectivity index (χ3n) is 3.88. The normalized spacial score (nSPS) is 19.6. The molecule has 1 fully saturated rings. The van der Waals surface area contributed by atoms with Crippen molar-refractivity contribution in [2.45, 2.75) is 18.6 Å². The summed E-state index contributed by atoms with van der Waals surface area (Å²) >= 11 is 0. The zero-order chi connectivity index (χ0) is 17.9. The van der Waals surface area contributed by atoms with E-state index in [-0.39, 0.29) is 11.9 Å². The first kappa shape index (κ1) is 18.1. The lowest BCUT2D eigenvalue weighted by Crippen LogP contribution is -2.56. The molecule has 24 heavy (non-hydrogen) atoms. The first-order valence-corrected chi connectivity index (χ1v) is 7.23. The van der Waals surface area contributed by atoms with Crippen molar-refractivity contribution in [3.63, 3.8) is 0 Å². The van der Waals surface area contributed by atoms with E-state index in [9.17, 15) is 18.0 Å². The van der Waals surface area contributed by atoms with Crippen LogP contribution in [0.15, 0.2) is 18.2 Å². The van der Waals surface area contributed by atoms with Crippen LogP contribution in [0.3, 0.4) is 0 Å². The number of fused-ring (bicyclic) bond motifs is 2. The molecule has 2 aliphatic rings.